The molecule has 0 fully saturated rings. The van der Waals surface area contributed by atoms with Crippen LogP contribution >= 0.6 is 23.9 Å². The lowest BCUT2D eigenvalue weighted by Crippen LogP contribution is -1.85. The zero-order valence-corrected chi connectivity index (χ0v) is 6.91. The quantitative estimate of drug-likeness (QED) is 0.666. The molecule has 0 saturated heterocycles. The summed E-state index contributed by atoms with van der Waals surface area (Å²) < 4.78 is 0. The number of hydrogen-bond donors (Lipinski definition) is 2. The van der Waals surface area contributed by atoms with Crippen LogP contribution < -0.4 is 10.3 Å². The molecule has 0 amide bonds. The molecule has 0 unspecified atom stereocenters. The maximum atomic E-state index is 5.37. The molecule has 54 valence electrons. The average molecular weight is 172 g/mol. The molecule has 0 aliphatic carbocycles. The monoisotopic (exact) mass is 172 g/mol. The minimum atomic E-state index is 1.02. The summed E-state index contributed by atoms with van der Waals surface area (Å²) in [6.45, 7) is 0. The molecule has 0 heterocycles. The normalized spacial score (nSPS) is 9.80. The Balaban J connectivity index is 2.96. The molecule has 1 aromatic carbocycles. The van der Waals surface area contributed by atoms with E-state index in [-0.39, 0.29) is 0 Å². The van der Waals surface area contributed by atoms with Gasteiger partial charge in [-0.3, -0.25) is 10.3 Å². The van der Waals surface area contributed by atoms with Gasteiger partial charge in [0.05, 0.1) is 0 Å². The first kappa shape index (κ1) is 7.94. The van der Waals surface area contributed by atoms with Crippen molar-refractivity contribution < 1.29 is 0 Å². The molecule has 4 heteroatoms. The van der Waals surface area contributed by atoms with Gasteiger partial charge in [-0.15, -0.1) is 0 Å². The first-order valence-electron chi connectivity index (χ1n) is 2.71. The lowest BCUT2D eigenvalue weighted by molar-refractivity contribution is 1.25. The van der Waals surface area contributed by atoms with E-state index >= 15 is 0 Å². The minimum Gasteiger partial charge on any atom is -0.274 e. The van der Waals surface area contributed by atoms with E-state index in [4.69, 9.17) is 10.3 Å². The lowest BCUT2D eigenvalue weighted by Gasteiger charge is -2.00. The van der Waals surface area contributed by atoms with Gasteiger partial charge in [-0.1, -0.05) is 12.1 Å². The fourth-order valence-electron chi connectivity index (χ4n) is 0.645. The van der Waals surface area contributed by atoms with Gasteiger partial charge in [-0.05, 0) is 36.0 Å². The van der Waals surface area contributed by atoms with E-state index in [1.165, 1.54) is 23.9 Å². The molecular formula is C6H8N2S2. The van der Waals surface area contributed by atoms with Gasteiger partial charge in [0.15, 0.2) is 0 Å². The van der Waals surface area contributed by atoms with E-state index in [1.807, 2.05) is 24.3 Å². The van der Waals surface area contributed by atoms with Crippen molar-refractivity contribution >= 4 is 23.9 Å². The Labute approximate surface area is 68.6 Å². The van der Waals surface area contributed by atoms with Gasteiger partial charge in [-0.2, -0.15) is 0 Å². The Morgan fingerprint density at radius 2 is 1.30 bits per heavy atom. The van der Waals surface area contributed by atoms with E-state index in [2.05, 4.69) is 0 Å². The van der Waals surface area contributed by atoms with Crippen LogP contribution in [0, 0.1) is 0 Å². The van der Waals surface area contributed by atoms with Crippen LogP contribution in [0.4, 0.5) is 0 Å². The Morgan fingerprint density at radius 1 is 0.900 bits per heavy atom. The Bertz CT molecular complexity index is 192. The van der Waals surface area contributed by atoms with Gasteiger partial charge in [0.2, 0.25) is 0 Å². The van der Waals surface area contributed by atoms with Crippen molar-refractivity contribution in [3.05, 3.63) is 24.3 Å². The van der Waals surface area contributed by atoms with Gasteiger partial charge < -0.3 is 0 Å². The first-order valence-corrected chi connectivity index (χ1v) is 4.47. The summed E-state index contributed by atoms with van der Waals surface area (Å²) >= 11 is 2.44. The third-order valence-corrected chi connectivity index (χ3v) is 2.45. The molecule has 0 bridgehead atoms. The summed E-state index contributed by atoms with van der Waals surface area (Å²) in [5.74, 6) is 0. The SMILES string of the molecule is NSc1ccccc1SN. The van der Waals surface area contributed by atoms with Crippen molar-refractivity contribution in [2.75, 3.05) is 0 Å². The second-order valence-electron chi connectivity index (χ2n) is 1.68. The fourth-order valence-corrected chi connectivity index (χ4v) is 1.62. The minimum absolute atomic E-state index is 1.02. The zero-order chi connectivity index (χ0) is 7.40. The summed E-state index contributed by atoms with van der Waals surface area (Å²) in [5.41, 5.74) is 0. The third kappa shape index (κ3) is 1.67. The van der Waals surface area contributed by atoms with Gasteiger partial charge in [0.25, 0.3) is 0 Å². The van der Waals surface area contributed by atoms with Crippen LogP contribution in [0.1, 0.15) is 0 Å². The van der Waals surface area contributed by atoms with Crippen LogP contribution in [0.25, 0.3) is 0 Å². The Morgan fingerprint density at radius 3 is 1.60 bits per heavy atom. The molecule has 1 rings (SSSR count). The summed E-state index contributed by atoms with van der Waals surface area (Å²) in [6, 6.07) is 7.77. The number of hydrogen-bond acceptors (Lipinski definition) is 4. The predicted molar refractivity (Wildman–Crippen MR) is 46.5 cm³/mol. The summed E-state index contributed by atoms with van der Waals surface area (Å²) in [6.07, 6.45) is 0. The highest BCUT2D eigenvalue weighted by Crippen LogP contribution is 2.23. The van der Waals surface area contributed by atoms with E-state index in [0.717, 1.165) is 9.79 Å². The van der Waals surface area contributed by atoms with Crippen LogP contribution in [0.5, 0.6) is 0 Å². The Kier molecular flexibility index (Phi) is 3.08. The second-order valence-corrected chi connectivity index (χ2v) is 3.03. The molecule has 0 aliphatic heterocycles. The van der Waals surface area contributed by atoms with Gasteiger partial charge >= 0.3 is 0 Å². The number of benzene rings is 1. The molecule has 1 aromatic rings. The second kappa shape index (κ2) is 3.88. The molecule has 4 N–H and O–H groups in total. The smallest absolute Gasteiger partial charge is 0.0374 e. The maximum Gasteiger partial charge on any atom is 0.0374 e. The van der Waals surface area contributed by atoms with Gasteiger partial charge in [0.1, 0.15) is 0 Å². The molecule has 10 heavy (non-hydrogen) atoms. The highest BCUT2D eigenvalue weighted by molar-refractivity contribution is 8.00. The number of nitrogens with two attached hydrogens (primary N) is 2. The highest BCUT2D eigenvalue weighted by Gasteiger charge is 1.96. The van der Waals surface area contributed by atoms with Crippen LogP contribution in [0.3, 0.4) is 0 Å². The van der Waals surface area contributed by atoms with Gasteiger partial charge in [0, 0.05) is 9.79 Å². The van der Waals surface area contributed by atoms with E-state index in [9.17, 15) is 0 Å². The summed E-state index contributed by atoms with van der Waals surface area (Å²) in [4.78, 5) is 2.05. The fraction of sp³-hybridized carbons (Fsp3) is 0. The summed E-state index contributed by atoms with van der Waals surface area (Å²) in [7, 11) is 0. The first-order chi connectivity index (χ1) is 4.88. The molecule has 0 radical (unpaired) electrons. The lowest BCUT2D eigenvalue weighted by atomic mass is 10.4. The molecule has 0 aromatic heterocycles. The Hall–Kier alpha value is -0.160. The molecule has 0 saturated carbocycles. The van der Waals surface area contributed by atoms with E-state index < -0.39 is 0 Å². The molecular weight excluding hydrogens is 164 g/mol. The molecule has 0 atom stereocenters. The maximum absolute atomic E-state index is 5.37. The molecule has 0 aliphatic rings. The van der Waals surface area contributed by atoms with Crippen molar-refractivity contribution in [1.29, 1.82) is 0 Å². The van der Waals surface area contributed by atoms with Crippen LogP contribution in [-0.4, -0.2) is 0 Å². The zero-order valence-electron chi connectivity index (χ0n) is 5.28. The predicted octanol–water partition coefficient (Wildman–Crippen LogP) is 1.62. The van der Waals surface area contributed by atoms with Crippen molar-refractivity contribution in [3.8, 4) is 0 Å². The van der Waals surface area contributed by atoms with Crippen molar-refractivity contribution in [2.45, 2.75) is 9.79 Å². The molecule has 0 spiro atoms. The largest absolute Gasteiger partial charge is 0.274 e. The van der Waals surface area contributed by atoms with Gasteiger partial charge in [-0.25, -0.2) is 0 Å². The van der Waals surface area contributed by atoms with Crippen molar-refractivity contribution in [1.82, 2.24) is 0 Å². The van der Waals surface area contributed by atoms with Crippen LogP contribution in [0.15, 0.2) is 34.1 Å². The molecule has 2 nitrogen and oxygen atoms in total. The van der Waals surface area contributed by atoms with E-state index in [1.54, 1.807) is 0 Å². The van der Waals surface area contributed by atoms with Crippen molar-refractivity contribution in [3.63, 3.8) is 0 Å². The van der Waals surface area contributed by atoms with Crippen LogP contribution in [-0.2, 0) is 0 Å². The van der Waals surface area contributed by atoms with E-state index in [0.29, 0.717) is 0 Å². The topological polar surface area (TPSA) is 52.0 Å². The standard InChI is InChI=1S/C6H8N2S2/c7-9-5-3-1-2-4-6(5)10-8/h1-4H,7-8H2. The average Bonchev–Trinajstić information content (AvgIpc) is 2.04. The van der Waals surface area contributed by atoms with Crippen LogP contribution in [0.2, 0.25) is 0 Å². The number of rotatable bonds is 2. The third-order valence-electron chi connectivity index (χ3n) is 1.10. The van der Waals surface area contributed by atoms with Crippen molar-refractivity contribution in [2.24, 2.45) is 10.3 Å². The highest BCUT2D eigenvalue weighted by atomic mass is 32.2. The summed E-state index contributed by atoms with van der Waals surface area (Å²) in [5, 5.41) is 10.7.